The minimum Gasteiger partial charge on any atom is -0.495 e. The maximum Gasteiger partial charge on any atom is 0.206 e. The Morgan fingerprint density at radius 3 is 2.64 bits per heavy atom. The minimum absolute atomic E-state index is 0.147. The molecule has 0 unspecified atom stereocenters. The molecule has 0 spiro atoms. The maximum absolute atomic E-state index is 12.6. The maximum atomic E-state index is 12.6. The molecule has 5 nitrogen and oxygen atoms in total. The highest BCUT2D eigenvalue weighted by Crippen LogP contribution is 2.33. The van der Waals surface area contributed by atoms with Crippen molar-refractivity contribution in [2.45, 2.75) is 6.92 Å². The molecule has 0 aliphatic heterocycles. The molecule has 3 rings (SSSR count). The number of ketones is 1. The van der Waals surface area contributed by atoms with Crippen molar-refractivity contribution in [3.63, 3.8) is 0 Å². The van der Waals surface area contributed by atoms with E-state index in [9.17, 15) is 4.79 Å². The first kappa shape index (κ1) is 17.4. The molecule has 0 aliphatic carbocycles. The molecule has 2 aromatic carbocycles. The first-order chi connectivity index (χ1) is 12.0. The number of benzene rings is 2. The molecular weight excluding hydrogens is 402 g/mol. The van der Waals surface area contributed by atoms with Gasteiger partial charge in [0.15, 0.2) is 5.13 Å². The van der Waals surface area contributed by atoms with Crippen LogP contribution in [0.1, 0.15) is 20.8 Å². The molecule has 0 atom stereocenters. The number of hydrogen-bond donors (Lipinski definition) is 2. The number of halogens is 1. The Morgan fingerprint density at radius 2 is 1.96 bits per heavy atom. The lowest BCUT2D eigenvalue weighted by molar-refractivity contribution is 0.104. The highest BCUT2D eigenvalue weighted by molar-refractivity contribution is 9.10. The first-order valence-corrected chi connectivity index (χ1v) is 9.07. The van der Waals surface area contributed by atoms with Gasteiger partial charge in [-0.2, -0.15) is 0 Å². The zero-order chi connectivity index (χ0) is 18.0. The van der Waals surface area contributed by atoms with Crippen LogP contribution >= 0.6 is 27.3 Å². The van der Waals surface area contributed by atoms with Crippen LogP contribution in [0.2, 0.25) is 0 Å². The van der Waals surface area contributed by atoms with Crippen LogP contribution in [0, 0.1) is 6.92 Å². The van der Waals surface area contributed by atoms with Gasteiger partial charge in [-0.1, -0.05) is 33.3 Å². The number of nitrogens with zero attached hydrogens (tertiary/aromatic N) is 1. The third-order valence-corrected chi connectivity index (χ3v) is 5.08. The van der Waals surface area contributed by atoms with E-state index in [0.29, 0.717) is 21.3 Å². The summed E-state index contributed by atoms with van der Waals surface area (Å²) in [6.45, 7) is 1.99. The highest BCUT2D eigenvalue weighted by Gasteiger charge is 2.18. The smallest absolute Gasteiger partial charge is 0.206 e. The predicted molar refractivity (Wildman–Crippen MR) is 105 cm³/mol. The van der Waals surface area contributed by atoms with Crippen LogP contribution in [0.25, 0.3) is 0 Å². The third-order valence-electron chi connectivity index (χ3n) is 3.56. The topological polar surface area (TPSA) is 77.2 Å². The number of rotatable bonds is 5. The lowest BCUT2D eigenvalue weighted by atomic mass is 10.1. The van der Waals surface area contributed by atoms with E-state index in [-0.39, 0.29) is 11.6 Å². The van der Waals surface area contributed by atoms with E-state index < -0.39 is 0 Å². The van der Waals surface area contributed by atoms with Crippen LogP contribution in [0.5, 0.6) is 5.75 Å². The van der Waals surface area contributed by atoms with Gasteiger partial charge in [-0.3, -0.25) is 4.79 Å². The van der Waals surface area contributed by atoms with Crippen LogP contribution < -0.4 is 15.8 Å². The summed E-state index contributed by atoms with van der Waals surface area (Å²) in [7, 11) is 1.61. The molecule has 0 amide bonds. The first-order valence-electron chi connectivity index (χ1n) is 7.46. The van der Waals surface area contributed by atoms with Gasteiger partial charge in [0.2, 0.25) is 5.78 Å². The van der Waals surface area contributed by atoms with E-state index >= 15 is 0 Å². The van der Waals surface area contributed by atoms with Gasteiger partial charge in [0.05, 0.1) is 12.8 Å². The number of anilines is 3. The Kier molecular flexibility index (Phi) is 5.06. The number of nitrogen functional groups attached to an aromatic ring is 1. The van der Waals surface area contributed by atoms with Gasteiger partial charge in [-0.25, -0.2) is 4.98 Å². The second-order valence-electron chi connectivity index (χ2n) is 5.40. The second kappa shape index (κ2) is 7.25. The molecule has 3 N–H and O–H groups in total. The molecule has 1 aromatic heterocycles. The Morgan fingerprint density at radius 1 is 1.24 bits per heavy atom. The summed E-state index contributed by atoms with van der Waals surface area (Å²) in [4.78, 5) is 17.3. The quantitative estimate of drug-likeness (QED) is 0.584. The fraction of sp³-hybridized carbons (Fsp3) is 0.111. The van der Waals surface area contributed by atoms with Gasteiger partial charge in [0, 0.05) is 10.0 Å². The zero-order valence-electron chi connectivity index (χ0n) is 13.7. The molecule has 0 radical (unpaired) electrons. The van der Waals surface area contributed by atoms with E-state index in [1.807, 2.05) is 37.3 Å². The number of thiazole rings is 1. The fourth-order valence-corrected chi connectivity index (χ4v) is 3.44. The molecule has 0 saturated heterocycles. The molecule has 0 bridgehead atoms. The standard InChI is InChI=1S/C18H16BrN3O2S/c1-10-3-8-14(24-2)13(9-10)21-18-22-17(20)16(25-18)15(23)11-4-6-12(19)7-5-11/h3-9H,20H2,1-2H3,(H,21,22). The van der Waals surface area contributed by atoms with Crippen LogP contribution in [0.3, 0.4) is 0 Å². The van der Waals surface area contributed by atoms with Gasteiger partial charge >= 0.3 is 0 Å². The van der Waals surface area contributed by atoms with E-state index in [0.717, 1.165) is 15.7 Å². The number of nitrogens with two attached hydrogens (primary N) is 1. The summed E-state index contributed by atoms with van der Waals surface area (Å²) in [6.07, 6.45) is 0. The number of carbonyl (C=O) groups excluding carboxylic acids is 1. The van der Waals surface area contributed by atoms with Crippen molar-refractivity contribution >= 4 is 49.7 Å². The lowest BCUT2D eigenvalue weighted by Crippen LogP contribution is -2.02. The molecule has 0 fully saturated rings. The largest absolute Gasteiger partial charge is 0.495 e. The summed E-state index contributed by atoms with van der Waals surface area (Å²) >= 11 is 4.58. The van der Waals surface area contributed by atoms with Gasteiger partial charge in [-0.05, 0) is 48.9 Å². The van der Waals surface area contributed by atoms with Gasteiger partial charge < -0.3 is 15.8 Å². The number of hydrogen-bond acceptors (Lipinski definition) is 6. The number of nitrogens with one attached hydrogen (secondary N) is 1. The molecule has 0 aliphatic rings. The van der Waals surface area contributed by atoms with Crippen molar-refractivity contribution in [1.82, 2.24) is 4.98 Å². The van der Waals surface area contributed by atoms with E-state index in [4.69, 9.17) is 10.5 Å². The SMILES string of the molecule is COc1ccc(C)cc1Nc1nc(N)c(C(=O)c2ccc(Br)cc2)s1. The summed E-state index contributed by atoms with van der Waals surface area (Å²) in [6, 6.07) is 12.9. The molecule has 0 saturated carbocycles. The fourth-order valence-electron chi connectivity index (χ4n) is 2.32. The lowest BCUT2D eigenvalue weighted by Gasteiger charge is -2.09. The normalized spacial score (nSPS) is 10.5. The van der Waals surface area contributed by atoms with Crippen molar-refractivity contribution in [3.8, 4) is 5.75 Å². The van der Waals surface area contributed by atoms with Crippen molar-refractivity contribution in [2.75, 3.05) is 18.2 Å². The van der Waals surface area contributed by atoms with Crippen molar-refractivity contribution in [3.05, 3.63) is 62.9 Å². The van der Waals surface area contributed by atoms with E-state index in [1.165, 1.54) is 11.3 Å². The summed E-state index contributed by atoms with van der Waals surface area (Å²) in [5.41, 5.74) is 8.39. The van der Waals surface area contributed by atoms with E-state index in [2.05, 4.69) is 26.2 Å². The number of aryl methyl sites for hydroxylation is 1. The average Bonchev–Trinajstić information content (AvgIpc) is 2.95. The summed E-state index contributed by atoms with van der Waals surface area (Å²) < 4.78 is 6.26. The second-order valence-corrected chi connectivity index (χ2v) is 7.31. The molecular formula is C18H16BrN3O2S. The number of methoxy groups -OCH3 is 1. The average molecular weight is 418 g/mol. The molecule has 25 heavy (non-hydrogen) atoms. The Balaban J connectivity index is 1.89. The van der Waals surface area contributed by atoms with Gasteiger partial charge in [0.1, 0.15) is 16.4 Å². The van der Waals surface area contributed by atoms with Crippen LogP contribution in [-0.4, -0.2) is 17.9 Å². The van der Waals surface area contributed by atoms with Crippen molar-refractivity contribution in [1.29, 1.82) is 0 Å². The summed E-state index contributed by atoms with van der Waals surface area (Å²) in [5.74, 6) is 0.763. The molecule has 3 aromatic rings. The number of ether oxygens (including phenoxy) is 1. The van der Waals surface area contributed by atoms with E-state index in [1.54, 1.807) is 19.2 Å². The Bertz CT molecular complexity index is 923. The third kappa shape index (κ3) is 3.83. The van der Waals surface area contributed by atoms with Crippen LogP contribution in [0.4, 0.5) is 16.6 Å². The monoisotopic (exact) mass is 417 g/mol. The summed E-state index contributed by atoms with van der Waals surface area (Å²) in [5, 5.41) is 3.73. The zero-order valence-corrected chi connectivity index (χ0v) is 16.1. The van der Waals surface area contributed by atoms with Crippen LogP contribution in [-0.2, 0) is 0 Å². The highest BCUT2D eigenvalue weighted by atomic mass is 79.9. The molecule has 1 heterocycles. The Labute approximate surface area is 158 Å². The molecule has 128 valence electrons. The number of carbonyl (C=O) groups is 1. The van der Waals surface area contributed by atoms with Gasteiger partial charge in [-0.15, -0.1) is 0 Å². The minimum atomic E-state index is -0.147. The van der Waals surface area contributed by atoms with Crippen LogP contribution in [0.15, 0.2) is 46.9 Å². The van der Waals surface area contributed by atoms with Gasteiger partial charge in [0.25, 0.3) is 0 Å². The number of aromatic nitrogens is 1. The predicted octanol–water partition coefficient (Wildman–Crippen LogP) is 4.78. The van der Waals surface area contributed by atoms with Crippen molar-refractivity contribution in [2.24, 2.45) is 0 Å². The molecule has 7 heteroatoms. The van der Waals surface area contributed by atoms with Crippen molar-refractivity contribution < 1.29 is 9.53 Å². The Hall–Kier alpha value is -2.38.